The second kappa shape index (κ2) is 7.03. The maximum Gasteiger partial charge on any atom is 0.243 e. The highest BCUT2D eigenvalue weighted by Crippen LogP contribution is 2.22. The van der Waals surface area contributed by atoms with Crippen molar-refractivity contribution in [2.45, 2.75) is 44.7 Å². The third kappa shape index (κ3) is 3.55. The lowest BCUT2D eigenvalue weighted by Crippen LogP contribution is -2.38. The fourth-order valence-corrected chi connectivity index (χ4v) is 4.08. The van der Waals surface area contributed by atoms with E-state index in [9.17, 15) is 8.42 Å². The van der Waals surface area contributed by atoms with E-state index in [-0.39, 0.29) is 6.04 Å². The zero-order chi connectivity index (χ0) is 14.5. The van der Waals surface area contributed by atoms with Crippen LogP contribution in [0.2, 0.25) is 0 Å². The number of hydrogen-bond donors (Lipinski definition) is 1. The van der Waals surface area contributed by atoms with E-state index in [0.717, 1.165) is 12.0 Å². The van der Waals surface area contributed by atoms with Gasteiger partial charge in [0.15, 0.2) is 0 Å². The molecule has 0 aromatic heterocycles. The molecule has 0 bridgehead atoms. The summed E-state index contributed by atoms with van der Waals surface area (Å²) in [7, 11) is -1.61. The zero-order valence-electron chi connectivity index (χ0n) is 12.2. The number of nitrogens with one attached hydrogen (secondary N) is 1. The SMILES string of the molecule is CCC(C)N(CC)S(=O)(=O)c1ccccc1CNC. The zero-order valence-corrected chi connectivity index (χ0v) is 13.0. The quantitative estimate of drug-likeness (QED) is 0.835. The van der Waals surface area contributed by atoms with Crippen molar-refractivity contribution in [1.29, 1.82) is 0 Å². The van der Waals surface area contributed by atoms with Crippen molar-refractivity contribution in [3.05, 3.63) is 29.8 Å². The van der Waals surface area contributed by atoms with Crippen LogP contribution in [-0.2, 0) is 16.6 Å². The van der Waals surface area contributed by atoms with Crippen LogP contribution >= 0.6 is 0 Å². The number of sulfonamides is 1. The molecule has 4 nitrogen and oxygen atoms in total. The topological polar surface area (TPSA) is 49.4 Å². The van der Waals surface area contributed by atoms with Crippen LogP contribution in [0.4, 0.5) is 0 Å². The molecule has 0 radical (unpaired) electrons. The van der Waals surface area contributed by atoms with Crippen molar-refractivity contribution in [3.63, 3.8) is 0 Å². The second-order valence-corrected chi connectivity index (χ2v) is 6.46. The Morgan fingerprint density at radius 2 is 1.89 bits per heavy atom. The van der Waals surface area contributed by atoms with Crippen molar-refractivity contribution >= 4 is 10.0 Å². The Bertz CT molecular complexity index is 500. The molecular weight excluding hydrogens is 260 g/mol. The monoisotopic (exact) mass is 284 g/mol. The first-order chi connectivity index (χ1) is 8.98. The van der Waals surface area contributed by atoms with E-state index >= 15 is 0 Å². The van der Waals surface area contributed by atoms with Gasteiger partial charge in [-0.1, -0.05) is 32.0 Å². The minimum atomic E-state index is -3.42. The van der Waals surface area contributed by atoms with Gasteiger partial charge in [0.2, 0.25) is 10.0 Å². The van der Waals surface area contributed by atoms with E-state index in [0.29, 0.717) is 18.0 Å². The van der Waals surface area contributed by atoms with E-state index in [1.165, 1.54) is 0 Å². The highest BCUT2D eigenvalue weighted by atomic mass is 32.2. The van der Waals surface area contributed by atoms with E-state index < -0.39 is 10.0 Å². The summed E-state index contributed by atoms with van der Waals surface area (Å²) in [4.78, 5) is 0.409. The van der Waals surface area contributed by atoms with E-state index in [1.54, 1.807) is 16.4 Å². The molecule has 1 rings (SSSR count). The Morgan fingerprint density at radius 1 is 1.26 bits per heavy atom. The van der Waals surface area contributed by atoms with Crippen LogP contribution in [0.5, 0.6) is 0 Å². The second-order valence-electron chi connectivity index (χ2n) is 4.60. The summed E-state index contributed by atoms with van der Waals surface area (Å²) in [6, 6.07) is 7.19. The minimum absolute atomic E-state index is 0.0117. The predicted octanol–water partition coefficient (Wildman–Crippen LogP) is 2.22. The molecule has 1 aromatic carbocycles. The third-order valence-electron chi connectivity index (χ3n) is 3.32. The lowest BCUT2D eigenvalue weighted by atomic mass is 10.2. The third-order valence-corrected chi connectivity index (χ3v) is 5.51. The van der Waals surface area contributed by atoms with Gasteiger partial charge in [-0.3, -0.25) is 0 Å². The number of hydrogen-bond acceptors (Lipinski definition) is 3. The predicted molar refractivity (Wildman–Crippen MR) is 78.5 cm³/mol. The average Bonchev–Trinajstić information content (AvgIpc) is 2.39. The largest absolute Gasteiger partial charge is 0.316 e. The van der Waals surface area contributed by atoms with Gasteiger partial charge in [0.05, 0.1) is 4.90 Å². The summed E-state index contributed by atoms with van der Waals surface area (Å²) in [5.74, 6) is 0. The molecule has 0 aliphatic heterocycles. The van der Waals surface area contributed by atoms with Crippen LogP contribution in [0.1, 0.15) is 32.8 Å². The Hall–Kier alpha value is -0.910. The minimum Gasteiger partial charge on any atom is -0.316 e. The van der Waals surface area contributed by atoms with Gasteiger partial charge in [-0.25, -0.2) is 8.42 Å². The van der Waals surface area contributed by atoms with E-state index in [4.69, 9.17) is 0 Å². The number of nitrogens with zero attached hydrogens (tertiary/aromatic N) is 1. The van der Waals surface area contributed by atoms with E-state index in [2.05, 4.69) is 5.32 Å². The molecule has 1 N–H and O–H groups in total. The van der Waals surface area contributed by atoms with Gasteiger partial charge in [-0.05, 0) is 32.0 Å². The van der Waals surface area contributed by atoms with Gasteiger partial charge in [0, 0.05) is 19.1 Å². The van der Waals surface area contributed by atoms with Crippen molar-refractivity contribution < 1.29 is 8.42 Å². The molecule has 108 valence electrons. The lowest BCUT2D eigenvalue weighted by Gasteiger charge is -2.27. The van der Waals surface area contributed by atoms with Gasteiger partial charge < -0.3 is 5.32 Å². The van der Waals surface area contributed by atoms with Crippen molar-refractivity contribution in [2.24, 2.45) is 0 Å². The number of rotatable bonds is 7. The van der Waals surface area contributed by atoms with E-state index in [1.807, 2.05) is 40.0 Å². The smallest absolute Gasteiger partial charge is 0.243 e. The van der Waals surface area contributed by atoms with Gasteiger partial charge in [0.1, 0.15) is 0 Å². The summed E-state index contributed by atoms with van der Waals surface area (Å²) in [5.41, 5.74) is 0.812. The van der Waals surface area contributed by atoms with Crippen LogP contribution in [0.15, 0.2) is 29.2 Å². The summed E-state index contributed by atoms with van der Waals surface area (Å²) in [6.07, 6.45) is 0.807. The van der Waals surface area contributed by atoms with Gasteiger partial charge in [-0.15, -0.1) is 0 Å². The van der Waals surface area contributed by atoms with Crippen molar-refractivity contribution in [1.82, 2.24) is 9.62 Å². The molecule has 0 amide bonds. The summed E-state index contributed by atoms with van der Waals surface area (Å²) in [5, 5.41) is 3.01. The Balaban J connectivity index is 3.25. The summed E-state index contributed by atoms with van der Waals surface area (Å²) < 4.78 is 27.1. The van der Waals surface area contributed by atoms with Crippen LogP contribution in [0.25, 0.3) is 0 Å². The first-order valence-corrected chi connectivity index (χ1v) is 8.17. The van der Waals surface area contributed by atoms with Crippen molar-refractivity contribution in [2.75, 3.05) is 13.6 Å². The Morgan fingerprint density at radius 3 is 2.42 bits per heavy atom. The highest BCUT2D eigenvalue weighted by Gasteiger charge is 2.28. The van der Waals surface area contributed by atoms with Crippen LogP contribution < -0.4 is 5.32 Å². The molecule has 0 heterocycles. The standard InChI is InChI=1S/C14H24N2O2S/c1-5-12(3)16(6-2)19(17,18)14-10-8-7-9-13(14)11-15-4/h7-10,12,15H,5-6,11H2,1-4H3. The maximum atomic E-state index is 12.8. The van der Waals surface area contributed by atoms with Crippen LogP contribution in [0.3, 0.4) is 0 Å². The molecule has 5 heteroatoms. The van der Waals surface area contributed by atoms with Crippen LogP contribution in [-0.4, -0.2) is 32.4 Å². The van der Waals surface area contributed by atoms with Gasteiger partial charge in [-0.2, -0.15) is 4.31 Å². The Kier molecular flexibility index (Phi) is 5.97. The average molecular weight is 284 g/mol. The summed E-state index contributed by atoms with van der Waals surface area (Å²) >= 11 is 0. The molecule has 0 aliphatic rings. The lowest BCUT2D eigenvalue weighted by molar-refractivity contribution is 0.342. The molecule has 1 aromatic rings. The first-order valence-electron chi connectivity index (χ1n) is 6.73. The highest BCUT2D eigenvalue weighted by molar-refractivity contribution is 7.89. The summed E-state index contributed by atoms with van der Waals surface area (Å²) in [6.45, 7) is 6.87. The first kappa shape index (κ1) is 16.1. The molecule has 0 spiro atoms. The normalized spacial score (nSPS) is 13.7. The molecule has 1 atom stereocenters. The molecule has 0 aliphatic carbocycles. The van der Waals surface area contributed by atoms with Crippen molar-refractivity contribution in [3.8, 4) is 0 Å². The Labute approximate surface area is 116 Å². The maximum absolute atomic E-state index is 12.8. The molecule has 19 heavy (non-hydrogen) atoms. The van der Waals surface area contributed by atoms with Gasteiger partial charge >= 0.3 is 0 Å². The molecule has 0 fully saturated rings. The molecule has 0 saturated carbocycles. The fourth-order valence-electron chi connectivity index (χ4n) is 2.14. The fraction of sp³-hybridized carbons (Fsp3) is 0.571. The molecule has 0 saturated heterocycles. The molecular formula is C14H24N2O2S. The van der Waals surface area contributed by atoms with Crippen LogP contribution in [0, 0.1) is 0 Å². The van der Waals surface area contributed by atoms with Gasteiger partial charge in [0.25, 0.3) is 0 Å². The number of benzene rings is 1. The molecule has 1 unspecified atom stereocenters.